The molecule has 23 heavy (non-hydrogen) atoms. The number of rotatable bonds is 4. The molecule has 1 fully saturated rings. The highest BCUT2D eigenvalue weighted by Gasteiger charge is 2.29. The van der Waals surface area contributed by atoms with Crippen LogP contribution in [-0.2, 0) is 4.79 Å². The smallest absolute Gasteiger partial charge is 0.233 e. The van der Waals surface area contributed by atoms with Gasteiger partial charge in [0.15, 0.2) is 0 Å². The molecule has 3 rings (SSSR count). The molecule has 0 N–H and O–H groups in total. The highest BCUT2D eigenvalue weighted by Crippen LogP contribution is 2.25. The largest absolute Gasteiger partial charge is 0.337 e. The minimum Gasteiger partial charge on any atom is -0.337 e. The van der Waals surface area contributed by atoms with Crippen molar-refractivity contribution in [3.63, 3.8) is 0 Å². The number of tetrazole rings is 1. The molecule has 2 heterocycles. The van der Waals surface area contributed by atoms with Gasteiger partial charge in [0.1, 0.15) is 0 Å². The molecule has 1 aliphatic heterocycles. The number of nitrogens with zero attached hydrogens (tertiary/aromatic N) is 5. The second-order valence-corrected chi connectivity index (χ2v) is 6.87. The van der Waals surface area contributed by atoms with Crippen LogP contribution in [0.1, 0.15) is 33.1 Å². The number of hydrogen-bond donors (Lipinski definition) is 0. The number of benzene rings is 1. The monoisotopic (exact) mass is 331 g/mol. The Bertz CT molecular complexity index is 650. The molecule has 0 aliphatic carbocycles. The zero-order chi connectivity index (χ0) is 16.2. The van der Waals surface area contributed by atoms with Crippen LogP contribution in [0.3, 0.4) is 0 Å². The van der Waals surface area contributed by atoms with E-state index in [1.165, 1.54) is 18.2 Å². The van der Waals surface area contributed by atoms with Crippen LogP contribution in [0.5, 0.6) is 0 Å². The molecule has 7 heteroatoms. The summed E-state index contributed by atoms with van der Waals surface area (Å²) in [7, 11) is 0. The molecule has 1 aliphatic rings. The van der Waals surface area contributed by atoms with E-state index in [4.69, 9.17) is 0 Å². The lowest BCUT2D eigenvalue weighted by Crippen LogP contribution is -2.48. The van der Waals surface area contributed by atoms with E-state index in [0.29, 0.717) is 23.0 Å². The van der Waals surface area contributed by atoms with Gasteiger partial charge in [0.25, 0.3) is 0 Å². The standard InChI is InChI=1S/C16H21N5OS/c1-12-7-6-8-13(2)20(12)15(22)11-23-16-17-18-19-21(16)14-9-4-3-5-10-14/h3-5,9-10,12-13H,6-8,11H2,1-2H3/t12-,13+. The van der Waals surface area contributed by atoms with E-state index in [-0.39, 0.29) is 5.91 Å². The number of aromatic nitrogens is 4. The molecular formula is C16H21N5OS. The topological polar surface area (TPSA) is 63.9 Å². The molecule has 1 aromatic carbocycles. The average molecular weight is 331 g/mol. The summed E-state index contributed by atoms with van der Waals surface area (Å²) in [5.74, 6) is 0.527. The molecule has 1 amide bonds. The molecule has 0 saturated carbocycles. The van der Waals surface area contributed by atoms with Crippen LogP contribution in [-0.4, -0.2) is 48.9 Å². The summed E-state index contributed by atoms with van der Waals surface area (Å²) >= 11 is 1.39. The summed E-state index contributed by atoms with van der Waals surface area (Å²) in [5, 5.41) is 12.4. The van der Waals surface area contributed by atoms with E-state index >= 15 is 0 Å². The molecule has 0 radical (unpaired) electrons. The molecule has 6 nitrogen and oxygen atoms in total. The Morgan fingerprint density at radius 3 is 2.61 bits per heavy atom. The van der Waals surface area contributed by atoms with Crippen LogP contribution in [0, 0.1) is 0 Å². The van der Waals surface area contributed by atoms with Crippen LogP contribution < -0.4 is 0 Å². The van der Waals surface area contributed by atoms with Gasteiger partial charge in [-0.25, -0.2) is 0 Å². The number of carbonyl (C=O) groups is 1. The highest BCUT2D eigenvalue weighted by atomic mass is 32.2. The molecule has 122 valence electrons. The first kappa shape index (κ1) is 16.0. The number of amides is 1. The van der Waals surface area contributed by atoms with Crippen LogP contribution in [0.15, 0.2) is 35.5 Å². The van der Waals surface area contributed by atoms with Crippen LogP contribution in [0.2, 0.25) is 0 Å². The van der Waals surface area contributed by atoms with Gasteiger partial charge in [0, 0.05) is 12.1 Å². The molecule has 1 aromatic heterocycles. The minimum absolute atomic E-state index is 0.164. The second-order valence-electron chi connectivity index (χ2n) is 5.93. The fraction of sp³-hybridized carbons (Fsp3) is 0.500. The number of hydrogen-bond acceptors (Lipinski definition) is 5. The number of para-hydroxylation sites is 1. The Labute approximate surface area is 140 Å². The lowest BCUT2D eigenvalue weighted by atomic mass is 9.98. The zero-order valence-corrected chi connectivity index (χ0v) is 14.2. The third kappa shape index (κ3) is 3.55. The Kier molecular flexibility index (Phi) is 4.95. The maximum absolute atomic E-state index is 12.6. The fourth-order valence-electron chi connectivity index (χ4n) is 3.11. The van der Waals surface area contributed by atoms with Crippen molar-refractivity contribution in [3.8, 4) is 5.69 Å². The molecule has 0 bridgehead atoms. The van der Waals surface area contributed by atoms with Gasteiger partial charge >= 0.3 is 0 Å². The van der Waals surface area contributed by atoms with Crippen molar-refractivity contribution in [3.05, 3.63) is 30.3 Å². The lowest BCUT2D eigenvalue weighted by molar-refractivity contribution is -0.134. The van der Waals surface area contributed by atoms with Gasteiger partial charge in [-0.15, -0.1) is 5.10 Å². The Balaban J connectivity index is 1.67. The zero-order valence-electron chi connectivity index (χ0n) is 13.4. The summed E-state index contributed by atoms with van der Waals surface area (Å²) in [6, 6.07) is 10.3. The predicted molar refractivity (Wildman–Crippen MR) is 89.5 cm³/mol. The summed E-state index contributed by atoms with van der Waals surface area (Å²) in [4.78, 5) is 14.6. The Morgan fingerprint density at radius 1 is 1.22 bits per heavy atom. The lowest BCUT2D eigenvalue weighted by Gasteiger charge is -2.39. The second kappa shape index (κ2) is 7.12. The van der Waals surface area contributed by atoms with E-state index in [1.807, 2.05) is 35.2 Å². The van der Waals surface area contributed by atoms with E-state index < -0.39 is 0 Å². The van der Waals surface area contributed by atoms with E-state index in [0.717, 1.165) is 18.5 Å². The molecular weight excluding hydrogens is 310 g/mol. The van der Waals surface area contributed by atoms with Gasteiger partial charge in [-0.1, -0.05) is 30.0 Å². The van der Waals surface area contributed by atoms with Gasteiger partial charge in [-0.3, -0.25) is 4.79 Å². The first-order valence-electron chi connectivity index (χ1n) is 7.94. The van der Waals surface area contributed by atoms with Crippen molar-refractivity contribution in [1.82, 2.24) is 25.1 Å². The van der Waals surface area contributed by atoms with Crippen molar-refractivity contribution in [2.75, 3.05) is 5.75 Å². The van der Waals surface area contributed by atoms with E-state index in [9.17, 15) is 4.79 Å². The highest BCUT2D eigenvalue weighted by molar-refractivity contribution is 7.99. The van der Waals surface area contributed by atoms with E-state index in [2.05, 4.69) is 29.4 Å². The number of carbonyl (C=O) groups excluding carboxylic acids is 1. The molecule has 0 unspecified atom stereocenters. The normalized spacial score (nSPS) is 21.4. The quantitative estimate of drug-likeness (QED) is 0.806. The third-order valence-corrected chi connectivity index (χ3v) is 5.15. The average Bonchev–Trinajstić information content (AvgIpc) is 3.02. The van der Waals surface area contributed by atoms with Gasteiger partial charge in [-0.05, 0) is 55.7 Å². The maximum Gasteiger partial charge on any atom is 0.233 e. The Hall–Kier alpha value is -1.89. The van der Waals surface area contributed by atoms with Gasteiger partial charge in [-0.2, -0.15) is 4.68 Å². The first-order chi connectivity index (χ1) is 11.2. The van der Waals surface area contributed by atoms with Gasteiger partial charge in [0.2, 0.25) is 11.1 Å². The Morgan fingerprint density at radius 2 is 1.91 bits per heavy atom. The predicted octanol–water partition coefficient (Wildman–Crippen LogP) is 2.54. The van der Waals surface area contributed by atoms with Gasteiger partial charge < -0.3 is 4.90 Å². The summed E-state index contributed by atoms with van der Waals surface area (Å²) in [6.07, 6.45) is 3.37. The molecule has 0 spiro atoms. The van der Waals surface area contributed by atoms with Crippen LogP contribution >= 0.6 is 11.8 Å². The van der Waals surface area contributed by atoms with Crippen molar-refractivity contribution in [1.29, 1.82) is 0 Å². The third-order valence-electron chi connectivity index (χ3n) is 4.25. The molecule has 2 aromatic rings. The van der Waals surface area contributed by atoms with Crippen molar-refractivity contribution >= 4 is 17.7 Å². The van der Waals surface area contributed by atoms with Gasteiger partial charge in [0.05, 0.1) is 11.4 Å². The minimum atomic E-state index is 0.164. The van der Waals surface area contributed by atoms with Crippen molar-refractivity contribution in [2.45, 2.75) is 50.4 Å². The van der Waals surface area contributed by atoms with E-state index in [1.54, 1.807) is 4.68 Å². The van der Waals surface area contributed by atoms with Crippen LogP contribution in [0.4, 0.5) is 0 Å². The first-order valence-corrected chi connectivity index (χ1v) is 8.93. The van der Waals surface area contributed by atoms with Crippen LogP contribution in [0.25, 0.3) is 5.69 Å². The number of thioether (sulfide) groups is 1. The summed E-state index contributed by atoms with van der Waals surface area (Å²) in [6.45, 7) is 4.26. The van der Waals surface area contributed by atoms with Crippen molar-refractivity contribution < 1.29 is 4.79 Å². The fourth-order valence-corrected chi connectivity index (χ4v) is 3.87. The molecule has 1 saturated heterocycles. The number of likely N-dealkylation sites (tertiary alicyclic amines) is 1. The maximum atomic E-state index is 12.6. The summed E-state index contributed by atoms with van der Waals surface area (Å²) < 4.78 is 1.67. The van der Waals surface area contributed by atoms with Crippen molar-refractivity contribution in [2.24, 2.45) is 0 Å². The SMILES string of the molecule is C[C@@H]1CCC[C@H](C)N1C(=O)CSc1nnnn1-c1ccccc1. The number of piperidine rings is 1. The summed E-state index contributed by atoms with van der Waals surface area (Å²) in [5.41, 5.74) is 0.896. The molecule has 2 atom stereocenters.